The van der Waals surface area contributed by atoms with Crippen LogP contribution in [0.25, 0.3) is 0 Å². The molecule has 1 atom stereocenters. The van der Waals surface area contributed by atoms with Gasteiger partial charge in [0.2, 0.25) is 10.0 Å². The number of nitrogens with one attached hydrogen (secondary N) is 1. The highest BCUT2D eigenvalue weighted by Gasteiger charge is 2.29. The third-order valence-electron chi connectivity index (χ3n) is 3.27. The summed E-state index contributed by atoms with van der Waals surface area (Å²) in [5.74, 6) is -1.09. The predicted octanol–water partition coefficient (Wildman–Crippen LogP) is 1.06. The summed E-state index contributed by atoms with van der Waals surface area (Å²) in [7, 11) is -3.74. The normalized spacial score (nSPS) is 14.7. The Balaban J connectivity index is 2.92. The van der Waals surface area contributed by atoms with E-state index < -0.39 is 28.0 Å². The molecule has 21 heavy (non-hydrogen) atoms. The number of hydrogen-bond acceptors (Lipinski definition) is 4. The van der Waals surface area contributed by atoms with Gasteiger partial charge in [0.05, 0.1) is 17.9 Å². The smallest absolute Gasteiger partial charge is 0.304 e. The van der Waals surface area contributed by atoms with Crippen LogP contribution in [0, 0.1) is 19.3 Å². The van der Waals surface area contributed by atoms with Crippen molar-refractivity contribution < 1.29 is 23.4 Å². The summed E-state index contributed by atoms with van der Waals surface area (Å²) in [6, 6.07) is 4.97. The molecule has 0 bridgehead atoms. The molecule has 3 N–H and O–H groups in total. The first-order chi connectivity index (χ1) is 9.59. The molecule has 0 aliphatic carbocycles. The monoisotopic (exact) mass is 315 g/mol. The van der Waals surface area contributed by atoms with E-state index in [1.54, 1.807) is 19.1 Å². The lowest BCUT2D eigenvalue weighted by molar-refractivity contribution is -0.140. The number of carbonyl (C=O) groups is 1. The molecule has 7 heteroatoms. The lowest BCUT2D eigenvalue weighted by Crippen LogP contribution is -2.39. The van der Waals surface area contributed by atoms with E-state index in [4.69, 9.17) is 5.11 Å². The Labute approximate surface area is 124 Å². The first kappa shape index (κ1) is 17.6. The molecule has 1 unspecified atom stereocenters. The van der Waals surface area contributed by atoms with Gasteiger partial charge in [-0.2, -0.15) is 0 Å². The van der Waals surface area contributed by atoms with Crippen LogP contribution in [0.3, 0.4) is 0 Å². The Hall–Kier alpha value is -1.44. The molecule has 0 fully saturated rings. The second-order valence-corrected chi connectivity index (χ2v) is 7.37. The topological polar surface area (TPSA) is 104 Å². The van der Waals surface area contributed by atoms with Crippen molar-refractivity contribution in [3.63, 3.8) is 0 Å². The average molecular weight is 315 g/mol. The van der Waals surface area contributed by atoms with Gasteiger partial charge in [0.25, 0.3) is 0 Å². The molecule has 0 radical (unpaired) electrons. The Kier molecular flexibility index (Phi) is 5.49. The van der Waals surface area contributed by atoms with Crippen molar-refractivity contribution in [1.29, 1.82) is 0 Å². The minimum Gasteiger partial charge on any atom is -0.481 e. The summed E-state index contributed by atoms with van der Waals surface area (Å²) in [5.41, 5.74) is 0.529. The molecular formula is C14H21NO5S. The maximum atomic E-state index is 12.3. The van der Waals surface area contributed by atoms with E-state index in [-0.39, 0.29) is 17.9 Å². The summed E-state index contributed by atoms with van der Waals surface area (Å²) >= 11 is 0. The number of carboxylic acids is 1. The summed E-state index contributed by atoms with van der Waals surface area (Å²) in [5, 5.41) is 18.1. The highest BCUT2D eigenvalue weighted by Crippen LogP contribution is 2.22. The van der Waals surface area contributed by atoms with Crippen LogP contribution in [0.5, 0.6) is 0 Å². The minimum atomic E-state index is -3.74. The lowest BCUT2D eigenvalue weighted by atomic mass is 9.88. The Morgan fingerprint density at radius 2 is 1.95 bits per heavy atom. The quantitative estimate of drug-likeness (QED) is 0.698. The van der Waals surface area contributed by atoms with E-state index in [1.807, 2.05) is 6.92 Å². The Morgan fingerprint density at radius 3 is 2.43 bits per heavy atom. The standard InChI is InChI=1S/C14H21NO5S/c1-10-4-5-12(11(2)6-10)21(19,20)15-8-14(3,9-16)7-13(17)18/h4-6,15-16H,7-9H2,1-3H3,(H,17,18). The van der Waals surface area contributed by atoms with E-state index in [9.17, 15) is 18.3 Å². The second-order valence-electron chi connectivity index (χ2n) is 5.63. The van der Waals surface area contributed by atoms with Crippen molar-refractivity contribution in [2.45, 2.75) is 32.1 Å². The molecule has 6 nitrogen and oxygen atoms in total. The number of aryl methyl sites for hydroxylation is 2. The highest BCUT2D eigenvalue weighted by molar-refractivity contribution is 7.89. The van der Waals surface area contributed by atoms with Crippen molar-refractivity contribution in [3.05, 3.63) is 29.3 Å². The third-order valence-corrected chi connectivity index (χ3v) is 4.83. The van der Waals surface area contributed by atoms with Gasteiger partial charge in [-0.3, -0.25) is 4.79 Å². The molecule has 0 aliphatic rings. The largest absolute Gasteiger partial charge is 0.481 e. The van der Waals surface area contributed by atoms with Gasteiger partial charge in [-0.1, -0.05) is 24.6 Å². The van der Waals surface area contributed by atoms with Gasteiger partial charge in [-0.25, -0.2) is 13.1 Å². The van der Waals surface area contributed by atoms with Gasteiger partial charge < -0.3 is 10.2 Å². The van der Waals surface area contributed by atoms with E-state index in [0.29, 0.717) is 5.56 Å². The zero-order valence-corrected chi connectivity index (χ0v) is 13.2. The molecule has 118 valence electrons. The van der Waals surface area contributed by atoms with Crippen molar-refractivity contribution >= 4 is 16.0 Å². The van der Waals surface area contributed by atoms with Gasteiger partial charge in [0.15, 0.2) is 0 Å². The maximum Gasteiger partial charge on any atom is 0.304 e. The number of aliphatic hydroxyl groups is 1. The van der Waals surface area contributed by atoms with Crippen LogP contribution in [0.1, 0.15) is 24.5 Å². The average Bonchev–Trinajstić information content (AvgIpc) is 2.35. The minimum absolute atomic E-state index is 0.147. The second kappa shape index (κ2) is 6.55. The Morgan fingerprint density at radius 1 is 1.33 bits per heavy atom. The van der Waals surface area contributed by atoms with Crippen molar-refractivity contribution in [2.75, 3.05) is 13.2 Å². The van der Waals surface area contributed by atoms with Gasteiger partial charge >= 0.3 is 5.97 Å². The lowest BCUT2D eigenvalue weighted by Gasteiger charge is -2.25. The molecule has 1 aromatic rings. The molecule has 0 saturated heterocycles. The molecule has 1 aromatic carbocycles. The number of hydrogen-bond donors (Lipinski definition) is 3. The van der Waals surface area contributed by atoms with Crippen molar-refractivity contribution in [3.8, 4) is 0 Å². The van der Waals surface area contributed by atoms with Crippen LogP contribution in [-0.4, -0.2) is 37.8 Å². The number of benzene rings is 1. The molecule has 0 spiro atoms. The fourth-order valence-electron chi connectivity index (χ4n) is 1.99. The SMILES string of the molecule is Cc1ccc(S(=O)(=O)NCC(C)(CO)CC(=O)O)c(C)c1. The number of sulfonamides is 1. The van der Waals surface area contributed by atoms with E-state index >= 15 is 0 Å². The molecule has 0 amide bonds. The fourth-order valence-corrected chi connectivity index (χ4v) is 3.41. The summed E-state index contributed by atoms with van der Waals surface area (Å²) in [4.78, 5) is 10.9. The van der Waals surface area contributed by atoms with E-state index in [1.165, 1.54) is 13.0 Å². The first-order valence-electron chi connectivity index (χ1n) is 6.49. The van der Waals surface area contributed by atoms with Crippen LogP contribution in [-0.2, 0) is 14.8 Å². The van der Waals surface area contributed by atoms with E-state index in [0.717, 1.165) is 5.56 Å². The van der Waals surface area contributed by atoms with Gasteiger partial charge in [-0.15, -0.1) is 0 Å². The summed E-state index contributed by atoms with van der Waals surface area (Å²) < 4.78 is 26.9. The zero-order chi connectivity index (χ0) is 16.3. The summed E-state index contributed by atoms with van der Waals surface area (Å²) in [6.07, 6.45) is -0.321. The molecule has 0 aliphatic heterocycles. The summed E-state index contributed by atoms with van der Waals surface area (Å²) in [6.45, 7) is 4.52. The van der Waals surface area contributed by atoms with Crippen LogP contribution in [0.15, 0.2) is 23.1 Å². The molecule has 0 saturated carbocycles. The van der Waals surface area contributed by atoms with Crippen LogP contribution in [0.4, 0.5) is 0 Å². The number of aliphatic carboxylic acids is 1. The number of aliphatic hydroxyl groups excluding tert-OH is 1. The number of rotatable bonds is 7. The third kappa shape index (κ3) is 4.80. The van der Waals surface area contributed by atoms with Crippen LogP contribution >= 0.6 is 0 Å². The van der Waals surface area contributed by atoms with Crippen LogP contribution < -0.4 is 4.72 Å². The zero-order valence-electron chi connectivity index (χ0n) is 12.4. The van der Waals surface area contributed by atoms with Gasteiger partial charge in [-0.05, 0) is 25.5 Å². The molecule has 0 heterocycles. The maximum absolute atomic E-state index is 12.3. The Bertz CT molecular complexity index is 626. The van der Waals surface area contributed by atoms with Gasteiger partial charge in [0, 0.05) is 12.0 Å². The van der Waals surface area contributed by atoms with Crippen molar-refractivity contribution in [1.82, 2.24) is 4.72 Å². The number of carboxylic acid groups (broad SMARTS) is 1. The molecule has 0 aromatic heterocycles. The van der Waals surface area contributed by atoms with E-state index in [2.05, 4.69) is 4.72 Å². The molecular weight excluding hydrogens is 294 g/mol. The fraction of sp³-hybridized carbons (Fsp3) is 0.500. The first-order valence-corrected chi connectivity index (χ1v) is 7.97. The van der Waals surface area contributed by atoms with Crippen LogP contribution in [0.2, 0.25) is 0 Å². The predicted molar refractivity (Wildman–Crippen MR) is 78.6 cm³/mol. The van der Waals surface area contributed by atoms with Crippen molar-refractivity contribution in [2.24, 2.45) is 5.41 Å². The molecule has 1 rings (SSSR count). The van der Waals surface area contributed by atoms with Gasteiger partial charge in [0.1, 0.15) is 0 Å². The highest BCUT2D eigenvalue weighted by atomic mass is 32.2.